The van der Waals surface area contributed by atoms with E-state index in [0.717, 1.165) is 10.8 Å². The molecule has 0 saturated heterocycles. The first-order chi connectivity index (χ1) is 9.41. The Balaban J connectivity index is 2.61. The number of carboxylic acid groups (broad SMARTS) is 1. The van der Waals surface area contributed by atoms with Gasteiger partial charge in [0.25, 0.3) is 5.56 Å². The molecule has 1 aromatic carbocycles. The van der Waals surface area contributed by atoms with E-state index in [0.29, 0.717) is 0 Å². The molecule has 2 N–H and O–H groups in total. The van der Waals surface area contributed by atoms with Crippen LogP contribution in [0.15, 0.2) is 40.1 Å². The number of carboxylic acids is 1. The summed E-state index contributed by atoms with van der Waals surface area (Å²) in [7, 11) is 0. The van der Waals surface area contributed by atoms with E-state index in [9.17, 15) is 18.8 Å². The Kier molecular flexibility index (Phi) is 3.51. The van der Waals surface area contributed by atoms with Crippen LogP contribution in [0.25, 0.3) is 0 Å². The first-order valence-corrected chi connectivity index (χ1v) is 5.75. The van der Waals surface area contributed by atoms with E-state index in [1.807, 2.05) is 4.98 Å². The van der Waals surface area contributed by atoms with Gasteiger partial charge in [-0.2, -0.15) is 0 Å². The zero-order valence-corrected chi connectivity index (χ0v) is 10.5. The smallest absolute Gasteiger partial charge is 0.342 e. The number of H-pyrrole nitrogens is 1. The van der Waals surface area contributed by atoms with Crippen LogP contribution in [0.1, 0.15) is 28.9 Å². The maximum atomic E-state index is 13.7. The van der Waals surface area contributed by atoms with Crippen molar-refractivity contribution in [1.29, 1.82) is 0 Å². The van der Waals surface area contributed by atoms with Crippen LogP contribution < -0.4 is 11.2 Å². The Hall–Kier alpha value is -2.70. The number of rotatable bonds is 3. The molecule has 0 bridgehead atoms. The van der Waals surface area contributed by atoms with Crippen molar-refractivity contribution >= 4 is 5.97 Å². The summed E-state index contributed by atoms with van der Waals surface area (Å²) < 4.78 is 14.7. The van der Waals surface area contributed by atoms with Gasteiger partial charge in [0.05, 0.1) is 6.04 Å². The van der Waals surface area contributed by atoms with Gasteiger partial charge in [-0.05, 0) is 13.0 Å². The standard InChI is InChI=1S/C13H11FN2O4/c1-7(8-4-2-3-5-10(8)14)16-6-9(12(18)19)11(17)15-13(16)20/h2-7H,1H3,(H,18,19)(H,15,17,20). The molecule has 1 atom stereocenters. The average molecular weight is 278 g/mol. The van der Waals surface area contributed by atoms with Gasteiger partial charge < -0.3 is 5.11 Å². The maximum absolute atomic E-state index is 13.7. The third-order valence-corrected chi connectivity index (χ3v) is 2.97. The van der Waals surface area contributed by atoms with E-state index in [1.54, 1.807) is 6.07 Å². The normalized spacial score (nSPS) is 12.1. The SMILES string of the molecule is CC(c1ccccc1F)n1cc(C(=O)O)c(=O)[nH]c1=O. The summed E-state index contributed by atoms with van der Waals surface area (Å²) in [5.74, 6) is -1.98. The molecule has 0 fully saturated rings. The van der Waals surface area contributed by atoms with Crippen molar-refractivity contribution in [2.75, 3.05) is 0 Å². The van der Waals surface area contributed by atoms with Crippen molar-refractivity contribution in [2.45, 2.75) is 13.0 Å². The zero-order valence-electron chi connectivity index (χ0n) is 10.5. The Morgan fingerprint density at radius 3 is 2.60 bits per heavy atom. The largest absolute Gasteiger partial charge is 0.477 e. The fourth-order valence-corrected chi connectivity index (χ4v) is 1.89. The third kappa shape index (κ3) is 2.37. The lowest BCUT2D eigenvalue weighted by atomic mass is 10.1. The minimum Gasteiger partial charge on any atom is -0.477 e. The van der Waals surface area contributed by atoms with E-state index in [-0.39, 0.29) is 5.56 Å². The zero-order chi connectivity index (χ0) is 14.9. The highest BCUT2D eigenvalue weighted by Crippen LogP contribution is 2.18. The van der Waals surface area contributed by atoms with Gasteiger partial charge in [0.15, 0.2) is 0 Å². The number of aromatic carboxylic acids is 1. The summed E-state index contributed by atoms with van der Waals surface area (Å²) in [5, 5.41) is 8.88. The number of hydrogen-bond acceptors (Lipinski definition) is 3. The lowest BCUT2D eigenvalue weighted by molar-refractivity contribution is 0.0693. The van der Waals surface area contributed by atoms with Gasteiger partial charge >= 0.3 is 11.7 Å². The summed E-state index contributed by atoms with van der Waals surface area (Å²) >= 11 is 0. The van der Waals surface area contributed by atoms with E-state index in [1.165, 1.54) is 25.1 Å². The van der Waals surface area contributed by atoms with Gasteiger partial charge in [-0.1, -0.05) is 18.2 Å². The fraction of sp³-hybridized carbons (Fsp3) is 0.154. The first-order valence-electron chi connectivity index (χ1n) is 5.75. The first kappa shape index (κ1) is 13.7. The monoisotopic (exact) mass is 278 g/mol. The van der Waals surface area contributed by atoms with Crippen LogP contribution in [0.4, 0.5) is 4.39 Å². The van der Waals surface area contributed by atoms with Crippen molar-refractivity contribution in [3.05, 3.63) is 68.2 Å². The van der Waals surface area contributed by atoms with Crippen LogP contribution in [0, 0.1) is 5.82 Å². The molecule has 0 aliphatic rings. The molecule has 1 unspecified atom stereocenters. The molecule has 0 aliphatic heterocycles. The van der Waals surface area contributed by atoms with Crippen molar-refractivity contribution in [3.63, 3.8) is 0 Å². The number of halogens is 1. The Labute approximate surface area is 112 Å². The van der Waals surface area contributed by atoms with Gasteiger partial charge in [0.2, 0.25) is 0 Å². The molecule has 7 heteroatoms. The van der Waals surface area contributed by atoms with Gasteiger partial charge in [-0.3, -0.25) is 14.3 Å². The van der Waals surface area contributed by atoms with Crippen molar-refractivity contribution in [1.82, 2.24) is 9.55 Å². The van der Waals surface area contributed by atoms with Gasteiger partial charge in [-0.15, -0.1) is 0 Å². The second-order valence-corrected chi connectivity index (χ2v) is 4.21. The highest BCUT2D eigenvalue weighted by Gasteiger charge is 2.17. The van der Waals surface area contributed by atoms with Gasteiger partial charge in [0.1, 0.15) is 11.4 Å². The highest BCUT2D eigenvalue weighted by atomic mass is 19.1. The van der Waals surface area contributed by atoms with Crippen LogP contribution in [0.2, 0.25) is 0 Å². The Morgan fingerprint density at radius 2 is 2.00 bits per heavy atom. The molecule has 0 spiro atoms. The highest BCUT2D eigenvalue weighted by molar-refractivity contribution is 5.86. The quantitative estimate of drug-likeness (QED) is 0.875. The lowest BCUT2D eigenvalue weighted by Gasteiger charge is -2.16. The number of hydrogen-bond donors (Lipinski definition) is 2. The average Bonchev–Trinajstić information content (AvgIpc) is 2.38. The Bertz CT molecular complexity index is 778. The molecular formula is C13H11FN2O4. The minimum absolute atomic E-state index is 0.220. The number of aromatic amines is 1. The molecule has 0 amide bonds. The van der Waals surface area contributed by atoms with Crippen molar-refractivity contribution in [3.8, 4) is 0 Å². The summed E-state index contributed by atoms with van der Waals surface area (Å²) in [6.45, 7) is 1.53. The molecular weight excluding hydrogens is 267 g/mol. The van der Waals surface area contributed by atoms with Crippen LogP contribution in [0.5, 0.6) is 0 Å². The van der Waals surface area contributed by atoms with Crippen LogP contribution in [0.3, 0.4) is 0 Å². The second kappa shape index (κ2) is 5.12. The molecule has 2 aromatic rings. The molecule has 2 rings (SSSR count). The maximum Gasteiger partial charge on any atom is 0.342 e. The minimum atomic E-state index is -1.46. The molecule has 0 aliphatic carbocycles. The van der Waals surface area contributed by atoms with E-state index >= 15 is 0 Å². The lowest BCUT2D eigenvalue weighted by Crippen LogP contribution is -2.35. The van der Waals surface area contributed by atoms with Gasteiger partial charge in [0, 0.05) is 11.8 Å². The van der Waals surface area contributed by atoms with Gasteiger partial charge in [-0.25, -0.2) is 14.0 Å². The molecule has 0 saturated carbocycles. The van der Waals surface area contributed by atoms with E-state index in [4.69, 9.17) is 5.11 Å². The summed E-state index contributed by atoms with van der Waals surface area (Å²) in [4.78, 5) is 35.9. The predicted molar refractivity (Wildman–Crippen MR) is 68.5 cm³/mol. The van der Waals surface area contributed by atoms with Crippen LogP contribution >= 0.6 is 0 Å². The number of benzene rings is 1. The molecule has 6 nitrogen and oxygen atoms in total. The number of aromatic nitrogens is 2. The molecule has 1 aromatic heterocycles. The summed E-state index contributed by atoms with van der Waals surface area (Å²) in [6, 6.07) is 5.07. The molecule has 104 valence electrons. The van der Waals surface area contributed by atoms with Crippen LogP contribution in [-0.2, 0) is 0 Å². The number of carbonyl (C=O) groups is 1. The van der Waals surface area contributed by atoms with Crippen molar-refractivity contribution < 1.29 is 14.3 Å². The number of nitrogens with one attached hydrogen (secondary N) is 1. The predicted octanol–water partition coefficient (Wildman–Crippen LogP) is 0.983. The topological polar surface area (TPSA) is 92.2 Å². The fourth-order valence-electron chi connectivity index (χ4n) is 1.89. The van der Waals surface area contributed by atoms with E-state index < -0.39 is 34.6 Å². The summed E-state index contributed by atoms with van der Waals surface area (Å²) in [5.41, 5.74) is -2.14. The van der Waals surface area contributed by atoms with E-state index in [2.05, 4.69) is 0 Å². The molecule has 0 radical (unpaired) electrons. The third-order valence-electron chi connectivity index (χ3n) is 2.97. The second-order valence-electron chi connectivity index (χ2n) is 4.21. The summed E-state index contributed by atoms with van der Waals surface area (Å²) in [6.07, 6.45) is 0.917. The Morgan fingerprint density at radius 1 is 1.35 bits per heavy atom. The number of nitrogens with zero attached hydrogens (tertiary/aromatic N) is 1. The molecule has 20 heavy (non-hydrogen) atoms. The van der Waals surface area contributed by atoms with Crippen molar-refractivity contribution in [2.24, 2.45) is 0 Å². The van der Waals surface area contributed by atoms with Crippen LogP contribution in [-0.4, -0.2) is 20.6 Å². The molecule has 1 heterocycles.